The maximum atomic E-state index is 6.19. The van der Waals surface area contributed by atoms with Gasteiger partial charge in [-0.25, -0.2) is 0 Å². The zero-order valence-electron chi connectivity index (χ0n) is 13.1. The predicted molar refractivity (Wildman–Crippen MR) is 83.0 cm³/mol. The van der Waals surface area contributed by atoms with Gasteiger partial charge in [0.05, 0.1) is 19.8 Å². The Morgan fingerprint density at radius 3 is 2.50 bits per heavy atom. The van der Waals surface area contributed by atoms with E-state index in [0.29, 0.717) is 12.7 Å². The zero-order valence-corrected chi connectivity index (χ0v) is 13.1. The lowest BCUT2D eigenvalue weighted by Gasteiger charge is -2.31. The molecule has 0 radical (unpaired) electrons. The summed E-state index contributed by atoms with van der Waals surface area (Å²) in [6.45, 7) is 7.41. The highest BCUT2D eigenvalue weighted by atomic mass is 16.5. The molecule has 2 rings (SSSR count). The summed E-state index contributed by atoms with van der Waals surface area (Å²) in [4.78, 5) is 0. The van der Waals surface area contributed by atoms with Crippen LogP contribution >= 0.6 is 0 Å². The van der Waals surface area contributed by atoms with Crippen LogP contribution < -0.4 is 4.74 Å². The third-order valence-electron chi connectivity index (χ3n) is 4.16. The topological polar surface area (TPSA) is 18.5 Å². The quantitative estimate of drug-likeness (QED) is 0.738. The van der Waals surface area contributed by atoms with E-state index < -0.39 is 0 Å². The first-order valence-corrected chi connectivity index (χ1v) is 7.51. The van der Waals surface area contributed by atoms with E-state index in [1.165, 1.54) is 29.6 Å². The van der Waals surface area contributed by atoms with Crippen molar-refractivity contribution >= 4 is 0 Å². The standard InChI is InChI=1S/C18H26O2/c1-13(2)17-10-5-14(3)11-18(17)20-12-15-6-8-16(19-4)9-7-15/h6-9,14,18H,5,10-12H2,1-4H3/t14-,18?/m1/s1. The fraction of sp³-hybridized carbons (Fsp3) is 0.556. The molecule has 1 aromatic carbocycles. The van der Waals surface area contributed by atoms with E-state index in [1.807, 2.05) is 12.1 Å². The molecule has 1 aliphatic carbocycles. The molecule has 0 N–H and O–H groups in total. The highest BCUT2D eigenvalue weighted by molar-refractivity contribution is 5.27. The number of hydrogen-bond acceptors (Lipinski definition) is 2. The van der Waals surface area contributed by atoms with Crippen molar-refractivity contribution in [3.05, 3.63) is 41.0 Å². The molecule has 1 unspecified atom stereocenters. The molecule has 1 fully saturated rings. The van der Waals surface area contributed by atoms with Crippen LogP contribution in [0.25, 0.3) is 0 Å². The average Bonchev–Trinajstić information content (AvgIpc) is 2.45. The summed E-state index contributed by atoms with van der Waals surface area (Å²) in [5.74, 6) is 1.66. The van der Waals surface area contributed by atoms with Gasteiger partial charge < -0.3 is 9.47 Å². The monoisotopic (exact) mass is 274 g/mol. The van der Waals surface area contributed by atoms with Crippen molar-refractivity contribution < 1.29 is 9.47 Å². The molecular formula is C18H26O2. The Morgan fingerprint density at radius 1 is 1.20 bits per heavy atom. The third kappa shape index (κ3) is 3.86. The molecule has 0 aliphatic heterocycles. The van der Waals surface area contributed by atoms with Crippen molar-refractivity contribution in [3.8, 4) is 5.75 Å². The van der Waals surface area contributed by atoms with Gasteiger partial charge in [-0.2, -0.15) is 0 Å². The van der Waals surface area contributed by atoms with Gasteiger partial charge in [0.2, 0.25) is 0 Å². The van der Waals surface area contributed by atoms with Gasteiger partial charge in [0.25, 0.3) is 0 Å². The van der Waals surface area contributed by atoms with Crippen LogP contribution in [0.5, 0.6) is 5.75 Å². The molecule has 0 amide bonds. The van der Waals surface area contributed by atoms with Gasteiger partial charge in [-0.05, 0) is 62.3 Å². The maximum absolute atomic E-state index is 6.19. The molecular weight excluding hydrogens is 248 g/mol. The van der Waals surface area contributed by atoms with Gasteiger partial charge in [0.15, 0.2) is 0 Å². The van der Waals surface area contributed by atoms with Crippen LogP contribution in [0.15, 0.2) is 35.4 Å². The van der Waals surface area contributed by atoms with Gasteiger partial charge in [-0.1, -0.05) is 24.6 Å². The van der Waals surface area contributed by atoms with Crippen molar-refractivity contribution in [2.75, 3.05) is 7.11 Å². The fourth-order valence-electron chi connectivity index (χ4n) is 2.85. The largest absolute Gasteiger partial charge is 0.497 e. The van der Waals surface area contributed by atoms with Gasteiger partial charge in [0.1, 0.15) is 5.75 Å². The molecule has 2 nitrogen and oxygen atoms in total. The van der Waals surface area contributed by atoms with E-state index in [0.717, 1.165) is 18.1 Å². The molecule has 0 heterocycles. The van der Waals surface area contributed by atoms with E-state index in [2.05, 4.69) is 32.9 Å². The van der Waals surface area contributed by atoms with Crippen LogP contribution in [-0.2, 0) is 11.3 Å². The average molecular weight is 274 g/mol. The van der Waals surface area contributed by atoms with Crippen LogP contribution in [0.4, 0.5) is 0 Å². The third-order valence-corrected chi connectivity index (χ3v) is 4.16. The van der Waals surface area contributed by atoms with Crippen LogP contribution in [0, 0.1) is 5.92 Å². The molecule has 1 aliphatic rings. The minimum absolute atomic E-state index is 0.297. The summed E-state index contributed by atoms with van der Waals surface area (Å²) in [5, 5.41) is 0. The van der Waals surface area contributed by atoms with E-state index >= 15 is 0 Å². The Labute approximate surface area is 122 Å². The Bertz CT molecular complexity index is 455. The Balaban J connectivity index is 1.98. The Kier molecular flexibility index (Phi) is 5.24. The summed E-state index contributed by atoms with van der Waals surface area (Å²) >= 11 is 0. The van der Waals surface area contributed by atoms with Crippen molar-refractivity contribution in [2.24, 2.45) is 5.92 Å². The van der Waals surface area contributed by atoms with Crippen molar-refractivity contribution in [1.29, 1.82) is 0 Å². The summed E-state index contributed by atoms with van der Waals surface area (Å²) in [7, 11) is 1.69. The number of benzene rings is 1. The van der Waals surface area contributed by atoms with Crippen LogP contribution in [0.1, 0.15) is 45.6 Å². The smallest absolute Gasteiger partial charge is 0.118 e. The van der Waals surface area contributed by atoms with Crippen molar-refractivity contribution in [3.63, 3.8) is 0 Å². The van der Waals surface area contributed by atoms with Gasteiger partial charge in [-0.3, -0.25) is 0 Å². The van der Waals surface area contributed by atoms with Crippen LogP contribution in [-0.4, -0.2) is 13.2 Å². The van der Waals surface area contributed by atoms with Crippen molar-refractivity contribution in [2.45, 2.75) is 52.7 Å². The van der Waals surface area contributed by atoms with Crippen molar-refractivity contribution in [1.82, 2.24) is 0 Å². The highest BCUT2D eigenvalue weighted by Gasteiger charge is 2.24. The lowest BCUT2D eigenvalue weighted by molar-refractivity contribution is 0.0360. The van der Waals surface area contributed by atoms with Gasteiger partial charge in [0, 0.05) is 0 Å². The Morgan fingerprint density at radius 2 is 1.90 bits per heavy atom. The minimum atomic E-state index is 0.297. The predicted octanol–water partition coefficient (Wildman–Crippen LogP) is 4.74. The van der Waals surface area contributed by atoms with Gasteiger partial charge >= 0.3 is 0 Å². The molecule has 110 valence electrons. The molecule has 0 bridgehead atoms. The molecule has 0 spiro atoms. The summed E-state index contributed by atoms with van der Waals surface area (Å²) < 4.78 is 11.4. The number of methoxy groups -OCH3 is 1. The molecule has 2 atom stereocenters. The van der Waals surface area contributed by atoms with E-state index in [9.17, 15) is 0 Å². The zero-order chi connectivity index (χ0) is 14.5. The second-order valence-corrected chi connectivity index (χ2v) is 6.05. The van der Waals surface area contributed by atoms with E-state index in [4.69, 9.17) is 9.47 Å². The first kappa shape index (κ1) is 15.1. The van der Waals surface area contributed by atoms with Gasteiger partial charge in [-0.15, -0.1) is 0 Å². The second kappa shape index (κ2) is 6.94. The molecule has 0 saturated heterocycles. The first-order valence-electron chi connectivity index (χ1n) is 7.51. The SMILES string of the molecule is COc1ccc(COC2C[C@H](C)CCC2=C(C)C)cc1. The number of ether oxygens (including phenoxy) is 2. The summed E-state index contributed by atoms with van der Waals surface area (Å²) in [6, 6.07) is 8.13. The van der Waals surface area contributed by atoms with E-state index in [-0.39, 0.29) is 0 Å². The molecule has 2 heteroatoms. The van der Waals surface area contributed by atoms with Crippen LogP contribution in [0.2, 0.25) is 0 Å². The Hall–Kier alpha value is -1.28. The molecule has 0 aromatic heterocycles. The number of allylic oxidation sites excluding steroid dienone is 1. The molecule has 20 heavy (non-hydrogen) atoms. The second-order valence-electron chi connectivity index (χ2n) is 6.05. The lowest BCUT2D eigenvalue weighted by atomic mass is 9.83. The number of rotatable bonds is 4. The molecule has 1 aromatic rings. The minimum Gasteiger partial charge on any atom is -0.497 e. The maximum Gasteiger partial charge on any atom is 0.118 e. The normalized spacial score (nSPS) is 22.7. The number of hydrogen-bond donors (Lipinski definition) is 0. The lowest BCUT2D eigenvalue weighted by Crippen LogP contribution is -2.25. The summed E-state index contributed by atoms with van der Waals surface area (Å²) in [6.07, 6.45) is 3.93. The molecule has 1 saturated carbocycles. The highest BCUT2D eigenvalue weighted by Crippen LogP contribution is 2.32. The summed E-state index contributed by atoms with van der Waals surface area (Å²) in [5.41, 5.74) is 4.14. The van der Waals surface area contributed by atoms with Crippen LogP contribution in [0.3, 0.4) is 0 Å². The van der Waals surface area contributed by atoms with E-state index in [1.54, 1.807) is 7.11 Å². The fourth-order valence-corrected chi connectivity index (χ4v) is 2.85. The first-order chi connectivity index (χ1) is 9.60.